The molecule has 0 aromatic rings. The largest absolute Gasteiger partial charge is 0.459 e. The quantitative estimate of drug-likeness (QED) is 0.720. The van der Waals surface area contributed by atoms with Crippen LogP contribution in [0.15, 0.2) is 0 Å². The van der Waals surface area contributed by atoms with Crippen molar-refractivity contribution in [1.82, 2.24) is 0 Å². The third kappa shape index (κ3) is 10.3. The van der Waals surface area contributed by atoms with Gasteiger partial charge in [0.05, 0.1) is 0 Å². The Morgan fingerprint density at radius 2 is 1.10 bits per heavy atom. The first-order valence-corrected chi connectivity index (χ1v) is 7.29. The van der Waals surface area contributed by atoms with E-state index in [2.05, 4.69) is 0 Å². The molecule has 0 spiro atoms. The van der Waals surface area contributed by atoms with Crippen molar-refractivity contribution in [2.24, 2.45) is 11.5 Å². The molecule has 124 valence electrons. The van der Waals surface area contributed by atoms with E-state index in [0.29, 0.717) is 19.3 Å². The van der Waals surface area contributed by atoms with Gasteiger partial charge in [0.1, 0.15) is 23.3 Å². The Morgan fingerprint density at radius 3 is 1.33 bits per heavy atom. The predicted molar refractivity (Wildman–Crippen MR) is 81.5 cm³/mol. The maximum atomic E-state index is 11.7. The maximum absolute atomic E-state index is 11.7. The van der Waals surface area contributed by atoms with Crippen molar-refractivity contribution in [3.63, 3.8) is 0 Å². The number of carbonyl (C=O) groups is 2. The van der Waals surface area contributed by atoms with E-state index < -0.39 is 35.2 Å². The van der Waals surface area contributed by atoms with Gasteiger partial charge < -0.3 is 20.9 Å². The van der Waals surface area contributed by atoms with Gasteiger partial charge in [-0.15, -0.1) is 0 Å². The van der Waals surface area contributed by atoms with Crippen LogP contribution in [0.4, 0.5) is 0 Å². The van der Waals surface area contributed by atoms with E-state index in [1.165, 1.54) is 0 Å². The zero-order valence-electron chi connectivity index (χ0n) is 14.1. The van der Waals surface area contributed by atoms with E-state index in [1.807, 2.05) is 0 Å². The van der Waals surface area contributed by atoms with Gasteiger partial charge >= 0.3 is 11.9 Å². The molecule has 2 unspecified atom stereocenters. The molecule has 6 heteroatoms. The summed E-state index contributed by atoms with van der Waals surface area (Å²) < 4.78 is 10.4. The van der Waals surface area contributed by atoms with Gasteiger partial charge in [-0.3, -0.25) is 9.59 Å². The molecule has 0 rings (SSSR count). The smallest absolute Gasteiger partial charge is 0.323 e. The summed E-state index contributed by atoms with van der Waals surface area (Å²) in [6.45, 7) is 10.7. The van der Waals surface area contributed by atoms with E-state index in [0.717, 1.165) is 0 Å². The molecular formula is C15H30N2O4. The number of hydrogen-bond donors (Lipinski definition) is 2. The minimum atomic E-state index is -0.699. The minimum Gasteiger partial charge on any atom is -0.459 e. The molecule has 0 bridgehead atoms. The molecule has 0 aliphatic heterocycles. The Labute approximate surface area is 127 Å². The lowest BCUT2D eigenvalue weighted by molar-refractivity contribution is -0.157. The first-order valence-electron chi connectivity index (χ1n) is 7.29. The highest BCUT2D eigenvalue weighted by Crippen LogP contribution is 2.12. The van der Waals surface area contributed by atoms with E-state index in [4.69, 9.17) is 20.9 Å². The van der Waals surface area contributed by atoms with Crippen LogP contribution < -0.4 is 11.5 Å². The molecule has 0 aliphatic rings. The molecule has 0 aromatic heterocycles. The SMILES string of the molecule is CC(C)(C)OC(=O)C(N)CCCC(N)C(=O)OC(C)(C)C. The Hall–Kier alpha value is -1.14. The van der Waals surface area contributed by atoms with Crippen LogP contribution in [0.2, 0.25) is 0 Å². The van der Waals surface area contributed by atoms with E-state index in [1.54, 1.807) is 41.5 Å². The van der Waals surface area contributed by atoms with Crippen molar-refractivity contribution in [1.29, 1.82) is 0 Å². The third-order valence-corrected chi connectivity index (χ3v) is 2.45. The van der Waals surface area contributed by atoms with Gasteiger partial charge in [0.15, 0.2) is 0 Å². The highest BCUT2D eigenvalue weighted by molar-refractivity contribution is 5.76. The molecule has 0 fully saturated rings. The van der Waals surface area contributed by atoms with Crippen molar-refractivity contribution in [3.8, 4) is 0 Å². The van der Waals surface area contributed by atoms with Crippen LogP contribution in [0.1, 0.15) is 60.8 Å². The lowest BCUT2D eigenvalue weighted by Gasteiger charge is -2.23. The average molecular weight is 302 g/mol. The van der Waals surface area contributed by atoms with Crippen LogP contribution in [0.5, 0.6) is 0 Å². The summed E-state index contributed by atoms with van der Waals surface area (Å²) in [6.07, 6.45) is 1.40. The van der Waals surface area contributed by atoms with Crippen molar-refractivity contribution in [2.45, 2.75) is 84.1 Å². The molecular weight excluding hydrogens is 272 g/mol. The zero-order valence-corrected chi connectivity index (χ0v) is 14.1. The monoisotopic (exact) mass is 302 g/mol. The van der Waals surface area contributed by atoms with Gasteiger partial charge in [0, 0.05) is 0 Å². The standard InChI is InChI=1S/C15H30N2O4/c1-14(2,3)20-12(18)10(16)8-7-9-11(17)13(19)21-15(4,5)6/h10-11H,7-9,16-17H2,1-6H3. The lowest BCUT2D eigenvalue weighted by atomic mass is 10.1. The van der Waals surface area contributed by atoms with Crippen LogP contribution in [-0.4, -0.2) is 35.2 Å². The summed E-state index contributed by atoms with van der Waals surface area (Å²) in [5.74, 6) is -0.873. The minimum absolute atomic E-state index is 0.422. The Kier molecular flexibility index (Phi) is 7.33. The summed E-state index contributed by atoms with van der Waals surface area (Å²) in [7, 11) is 0. The molecule has 0 aromatic carbocycles. The molecule has 0 aliphatic carbocycles. The summed E-state index contributed by atoms with van der Waals surface area (Å²) in [5.41, 5.74) is 10.4. The molecule has 2 atom stereocenters. The molecule has 6 nitrogen and oxygen atoms in total. The molecule has 0 saturated carbocycles. The zero-order chi connectivity index (χ0) is 16.8. The lowest BCUT2D eigenvalue weighted by Crippen LogP contribution is -2.39. The van der Waals surface area contributed by atoms with Crippen LogP contribution in [0.25, 0.3) is 0 Å². The van der Waals surface area contributed by atoms with Crippen molar-refractivity contribution < 1.29 is 19.1 Å². The predicted octanol–water partition coefficient (Wildman–Crippen LogP) is 1.49. The first-order chi connectivity index (χ1) is 9.32. The van der Waals surface area contributed by atoms with Crippen molar-refractivity contribution in [3.05, 3.63) is 0 Å². The fourth-order valence-electron chi connectivity index (χ4n) is 1.55. The van der Waals surface area contributed by atoms with Gasteiger partial charge in [-0.1, -0.05) is 0 Å². The number of nitrogens with two attached hydrogens (primary N) is 2. The number of carbonyl (C=O) groups excluding carboxylic acids is 2. The molecule has 0 radical (unpaired) electrons. The Morgan fingerprint density at radius 1 is 0.810 bits per heavy atom. The number of hydrogen-bond acceptors (Lipinski definition) is 6. The van der Waals surface area contributed by atoms with E-state index in [-0.39, 0.29) is 0 Å². The summed E-state index contributed by atoms with van der Waals surface area (Å²) in [6, 6.07) is -1.40. The summed E-state index contributed by atoms with van der Waals surface area (Å²) in [5, 5.41) is 0. The Balaban J connectivity index is 4.08. The van der Waals surface area contributed by atoms with Gasteiger partial charge in [-0.05, 0) is 60.8 Å². The van der Waals surface area contributed by atoms with Gasteiger partial charge in [-0.2, -0.15) is 0 Å². The molecule has 0 saturated heterocycles. The number of rotatable bonds is 6. The fourth-order valence-corrected chi connectivity index (χ4v) is 1.55. The molecule has 4 N–H and O–H groups in total. The third-order valence-electron chi connectivity index (χ3n) is 2.45. The normalized spacial score (nSPS) is 15.2. The number of esters is 2. The fraction of sp³-hybridized carbons (Fsp3) is 0.867. The van der Waals surface area contributed by atoms with Gasteiger partial charge in [-0.25, -0.2) is 0 Å². The maximum Gasteiger partial charge on any atom is 0.323 e. The average Bonchev–Trinajstić information content (AvgIpc) is 2.23. The Bertz CT molecular complexity index is 322. The van der Waals surface area contributed by atoms with E-state index in [9.17, 15) is 9.59 Å². The summed E-state index contributed by atoms with van der Waals surface area (Å²) >= 11 is 0. The van der Waals surface area contributed by atoms with Gasteiger partial charge in [0.25, 0.3) is 0 Å². The van der Waals surface area contributed by atoms with Crippen molar-refractivity contribution in [2.75, 3.05) is 0 Å². The molecule has 0 amide bonds. The second-order valence-electron chi connectivity index (χ2n) is 7.21. The topological polar surface area (TPSA) is 105 Å². The molecule has 21 heavy (non-hydrogen) atoms. The van der Waals surface area contributed by atoms with Crippen LogP contribution in [0.3, 0.4) is 0 Å². The van der Waals surface area contributed by atoms with Crippen LogP contribution in [0, 0.1) is 0 Å². The van der Waals surface area contributed by atoms with Crippen LogP contribution >= 0.6 is 0 Å². The van der Waals surface area contributed by atoms with E-state index >= 15 is 0 Å². The van der Waals surface area contributed by atoms with Crippen molar-refractivity contribution >= 4 is 11.9 Å². The highest BCUT2D eigenvalue weighted by atomic mass is 16.6. The van der Waals surface area contributed by atoms with Crippen LogP contribution in [-0.2, 0) is 19.1 Å². The summed E-state index contributed by atoms with van der Waals surface area (Å²) in [4.78, 5) is 23.4. The van der Waals surface area contributed by atoms with Gasteiger partial charge in [0.2, 0.25) is 0 Å². The molecule has 0 heterocycles. The second kappa shape index (κ2) is 7.75. The second-order valence-corrected chi connectivity index (χ2v) is 7.21. The number of ether oxygens (including phenoxy) is 2. The first kappa shape index (κ1) is 19.9. The highest BCUT2D eigenvalue weighted by Gasteiger charge is 2.24.